The highest BCUT2D eigenvalue weighted by molar-refractivity contribution is 5.91. The predicted molar refractivity (Wildman–Crippen MR) is 91.0 cm³/mol. The second-order valence-corrected chi connectivity index (χ2v) is 7.60. The largest absolute Gasteiger partial charge is 0.454 e. The fraction of sp³-hybridized carbons (Fsp3) is 0.650. The zero-order chi connectivity index (χ0) is 16.6. The van der Waals surface area contributed by atoms with E-state index in [1.807, 2.05) is 13.0 Å². The fourth-order valence-corrected chi connectivity index (χ4v) is 3.83. The second kappa shape index (κ2) is 6.27. The van der Waals surface area contributed by atoms with E-state index >= 15 is 0 Å². The summed E-state index contributed by atoms with van der Waals surface area (Å²) >= 11 is 0. The van der Waals surface area contributed by atoms with Crippen LogP contribution < -0.4 is 0 Å². The van der Waals surface area contributed by atoms with Crippen molar-refractivity contribution in [2.75, 3.05) is 0 Å². The Kier molecular flexibility index (Phi) is 4.50. The van der Waals surface area contributed by atoms with E-state index in [1.54, 1.807) is 0 Å². The van der Waals surface area contributed by atoms with Crippen LogP contribution in [0.25, 0.3) is 0 Å². The first-order valence-electron chi connectivity index (χ1n) is 8.79. The Morgan fingerprint density at radius 2 is 2.13 bits per heavy atom. The van der Waals surface area contributed by atoms with E-state index in [2.05, 4.69) is 26.5 Å². The number of carbonyl (C=O) groups excluding carboxylic acids is 1. The molecule has 3 nitrogen and oxygen atoms in total. The molecule has 0 N–H and O–H groups in total. The number of allylic oxidation sites excluding steroid dienone is 2. The average molecular weight is 316 g/mol. The summed E-state index contributed by atoms with van der Waals surface area (Å²) < 4.78 is 11.5. The van der Waals surface area contributed by atoms with E-state index < -0.39 is 0 Å². The first-order valence-corrected chi connectivity index (χ1v) is 8.79. The number of ether oxygens (including phenoxy) is 2. The van der Waals surface area contributed by atoms with Gasteiger partial charge in [0.15, 0.2) is 0 Å². The van der Waals surface area contributed by atoms with Gasteiger partial charge >= 0.3 is 5.97 Å². The van der Waals surface area contributed by atoms with Gasteiger partial charge in [-0.25, -0.2) is 4.79 Å². The molecule has 0 saturated carbocycles. The molecule has 2 aliphatic heterocycles. The first-order chi connectivity index (χ1) is 10.9. The van der Waals surface area contributed by atoms with Gasteiger partial charge in [0.05, 0.1) is 11.7 Å². The molecule has 1 aliphatic carbocycles. The lowest BCUT2D eigenvalue weighted by Gasteiger charge is -2.22. The summed E-state index contributed by atoms with van der Waals surface area (Å²) in [6.07, 6.45) is 10.3. The highest BCUT2D eigenvalue weighted by Gasteiger charge is 2.51. The molecule has 0 aromatic heterocycles. The maximum Gasteiger partial charge on any atom is 0.334 e. The SMILES string of the molecule is C=C(C)[C@H]1CC/C(C)=C/CC[C@]2(C)OC2CCC2=CC1OC2=O. The van der Waals surface area contributed by atoms with Crippen LogP contribution >= 0.6 is 0 Å². The Balaban J connectivity index is 1.79. The number of hydrogen-bond acceptors (Lipinski definition) is 3. The zero-order valence-electron chi connectivity index (χ0n) is 14.6. The normalized spacial score (nSPS) is 40.1. The van der Waals surface area contributed by atoms with Gasteiger partial charge < -0.3 is 9.47 Å². The van der Waals surface area contributed by atoms with Crippen LogP contribution in [0.15, 0.2) is 35.5 Å². The fourth-order valence-electron chi connectivity index (χ4n) is 3.83. The van der Waals surface area contributed by atoms with Gasteiger partial charge in [-0.2, -0.15) is 0 Å². The van der Waals surface area contributed by atoms with E-state index in [4.69, 9.17) is 9.47 Å². The highest BCUT2D eigenvalue weighted by Crippen LogP contribution is 2.44. The van der Waals surface area contributed by atoms with E-state index in [0.29, 0.717) is 0 Å². The van der Waals surface area contributed by atoms with Crippen molar-refractivity contribution < 1.29 is 14.3 Å². The van der Waals surface area contributed by atoms with Crippen molar-refractivity contribution in [3.63, 3.8) is 0 Å². The van der Waals surface area contributed by atoms with Crippen molar-refractivity contribution in [2.45, 2.75) is 77.1 Å². The minimum Gasteiger partial charge on any atom is -0.454 e. The minimum absolute atomic E-state index is 0.00358. The molecule has 1 saturated heterocycles. The molecule has 0 amide bonds. The van der Waals surface area contributed by atoms with Crippen LogP contribution in [0.5, 0.6) is 0 Å². The third-order valence-electron chi connectivity index (χ3n) is 5.59. The zero-order valence-corrected chi connectivity index (χ0v) is 14.6. The molecular formula is C20H28O3. The molecule has 0 radical (unpaired) electrons. The van der Waals surface area contributed by atoms with Crippen molar-refractivity contribution in [3.8, 4) is 0 Å². The van der Waals surface area contributed by atoms with Crippen LogP contribution in [0, 0.1) is 5.92 Å². The number of epoxide rings is 1. The molecule has 4 atom stereocenters. The van der Waals surface area contributed by atoms with Crippen LogP contribution in [0.4, 0.5) is 0 Å². The van der Waals surface area contributed by atoms with Crippen molar-refractivity contribution >= 4 is 5.97 Å². The summed E-state index contributed by atoms with van der Waals surface area (Å²) in [7, 11) is 0. The Bertz CT molecular complexity index is 571. The summed E-state index contributed by atoms with van der Waals surface area (Å²) in [4.78, 5) is 12.2. The monoisotopic (exact) mass is 316 g/mol. The Hall–Kier alpha value is -1.35. The number of fused-ring (bicyclic) bond motifs is 2. The van der Waals surface area contributed by atoms with Crippen LogP contribution in [0.3, 0.4) is 0 Å². The number of rotatable bonds is 1. The molecule has 126 valence electrons. The lowest BCUT2D eigenvalue weighted by molar-refractivity contribution is -0.141. The molecule has 0 aromatic carbocycles. The van der Waals surface area contributed by atoms with Gasteiger partial charge in [-0.15, -0.1) is 0 Å². The lowest BCUT2D eigenvalue weighted by atomic mass is 9.87. The van der Waals surface area contributed by atoms with Crippen LogP contribution in [0.1, 0.15) is 59.3 Å². The van der Waals surface area contributed by atoms with Gasteiger partial charge in [0, 0.05) is 11.5 Å². The van der Waals surface area contributed by atoms with Crippen LogP contribution in [-0.4, -0.2) is 23.8 Å². The minimum atomic E-state index is -0.147. The van der Waals surface area contributed by atoms with Gasteiger partial charge in [0.2, 0.25) is 0 Å². The van der Waals surface area contributed by atoms with E-state index in [1.165, 1.54) is 5.57 Å². The van der Waals surface area contributed by atoms with E-state index in [-0.39, 0.29) is 29.7 Å². The molecule has 3 heteroatoms. The maximum absolute atomic E-state index is 12.2. The van der Waals surface area contributed by atoms with Gasteiger partial charge in [-0.05, 0) is 65.4 Å². The molecule has 2 unspecified atom stereocenters. The van der Waals surface area contributed by atoms with Gasteiger partial charge in [-0.1, -0.05) is 23.8 Å². The predicted octanol–water partition coefficient (Wildman–Crippen LogP) is 4.49. The Morgan fingerprint density at radius 1 is 1.35 bits per heavy atom. The van der Waals surface area contributed by atoms with Crippen molar-refractivity contribution in [1.29, 1.82) is 0 Å². The molecule has 3 rings (SSSR count). The number of carbonyl (C=O) groups is 1. The van der Waals surface area contributed by atoms with Crippen molar-refractivity contribution in [2.24, 2.45) is 5.92 Å². The molecule has 3 aliphatic rings. The third-order valence-corrected chi connectivity index (χ3v) is 5.59. The van der Waals surface area contributed by atoms with E-state index in [0.717, 1.165) is 49.7 Å². The highest BCUT2D eigenvalue weighted by atomic mass is 16.6. The van der Waals surface area contributed by atoms with Crippen LogP contribution in [0.2, 0.25) is 0 Å². The van der Waals surface area contributed by atoms with Crippen molar-refractivity contribution in [3.05, 3.63) is 35.5 Å². The number of hydrogen-bond donors (Lipinski definition) is 0. The number of esters is 1. The molecule has 1 fully saturated rings. The molecule has 23 heavy (non-hydrogen) atoms. The molecule has 2 heterocycles. The lowest BCUT2D eigenvalue weighted by Crippen LogP contribution is -2.21. The topological polar surface area (TPSA) is 38.8 Å². The average Bonchev–Trinajstić information content (AvgIpc) is 2.97. The summed E-state index contributed by atoms with van der Waals surface area (Å²) in [5, 5.41) is 0. The second-order valence-electron chi connectivity index (χ2n) is 7.60. The molecule has 0 aromatic rings. The summed E-state index contributed by atoms with van der Waals surface area (Å²) in [5.41, 5.74) is 3.33. The summed E-state index contributed by atoms with van der Waals surface area (Å²) in [6, 6.07) is 0. The molecule has 2 bridgehead atoms. The maximum atomic E-state index is 12.2. The first kappa shape index (κ1) is 16.5. The van der Waals surface area contributed by atoms with Crippen molar-refractivity contribution in [1.82, 2.24) is 0 Å². The smallest absolute Gasteiger partial charge is 0.334 e. The summed E-state index contributed by atoms with van der Waals surface area (Å²) in [6.45, 7) is 10.5. The van der Waals surface area contributed by atoms with Crippen LogP contribution in [-0.2, 0) is 14.3 Å². The Labute approximate surface area is 139 Å². The molecular weight excluding hydrogens is 288 g/mol. The van der Waals surface area contributed by atoms with Gasteiger partial charge in [0.1, 0.15) is 6.10 Å². The third kappa shape index (κ3) is 3.60. The van der Waals surface area contributed by atoms with Gasteiger partial charge in [0.25, 0.3) is 0 Å². The standard InChI is InChI=1S/C20H28O3/c1-13(2)16-9-7-14(3)6-5-11-20(4)18(23-20)10-8-15-12-17(16)22-19(15)21/h6,12,16-18H,1,5,7-11H2,2-4H3/b14-6+/t16-,17?,18?,20+/m1/s1. The molecule has 0 spiro atoms. The Morgan fingerprint density at radius 3 is 2.87 bits per heavy atom. The van der Waals surface area contributed by atoms with Gasteiger partial charge in [-0.3, -0.25) is 0 Å². The quantitative estimate of drug-likeness (QED) is 0.406. The van der Waals surface area contributed by atoms with E-state index in [9.17, 15) is 4.79 Å². The summed E-state index contributed by atoms with van der Waals surface area (Å²) in [5.74, 6) is 0.0657.